The monoisotopic (exact) mass is 332 g/mol. The van der Waals surface area contributed by atoms with Gasteiger partial charge in [0.25, 0.3) is 0 Å². The summed E-state index contributed by atoms with van der Waals surface area (Å²) in [4.78, 5) is 12.1. The van der Waals surface area contributed by atoms with Crippen molar-refractivity contribution in [2.75, 3.05) is 0 Å². The number of Topliss-reactive ketones (excluding diaryl/α,β-unsaturated/α-hetero) is 1. The summed E-state index contributed by atoms with van der Waals surface area (Å²) in [5.41, 5.74) is 1.38. The van der Waals surface area contributed by atoms with Crippen molar-refractivity contribution in [3.8, 4) is 0 Å². The molecule has 0 spiro atoms. The molecule has 0 radical (unpaired) electrons. The van der Waals surface area contributed by atoms with Gasteiger partial charge in [0.2, 0.25) is 0 Å². The number of hydrogen-bond acceptors (Lipinski definition) is 1. The van der Waals surface area contributed by atoms with Crippen LogP contribution in [0.5, 0.6) is 0 Å². The highest BCUT2D eigenvalue weighted by molar-refractivity contribution is 14.1. The number of carbonyl (C=O) groups is 1. The maximum atomic E-state index is 12.1. The fourth-order valence-electron chi connectivity index (χ4n) is 2.24. The average Bonchev–Trinajstić information content (AvgIpc) is 2.24. The zero-order valence-electron chi connectivity index (χ0n) is 10.3. The summed E-state index contributed by atoms with van der Waals surface area (Å²) in [7, 11) is 0. The highest BCUT2D eigenvalue weighted by Gasteiger charge is 2.29. The summed E-state index contributed by atoms with van der Waals surface area (Å²) in [5.74, 6) is 1.12. The van der Waals surface area contributed by atoms with Gasteiger partial charge in [-0.1, -0.05) is 25.5 Å². The highest BCUT2D eigenvalue weighted by atomic mass is 127. The number of halogens is 1. The lowest BCUT2D eigenvalue weighted by atomic mass is 9.80. The molecular weight excluding hydrogens is 311 g/mol. The normalized spacial score (nSPS) is 21.8. The maximum absolute atomic E-state index is 12.1. The molecule has 90 valence electrons. The van der Waals surface area contributed by atoms with E-state index in [-0.39, 0.29) is 5.92 Å². The zero-order valence-corrected chi connectivity index (χ0v) is 12.4. The van der Waals surface area contributed by atoms with Gasteiger partial charge in [-0.2, -0.15) is 0 Å². The van der Waals surface area contributed by atoms with Gasteiger partial charge in [0.15, 0.2) is 5.78 Å². The quantitative estimate of drug-likeness (QED) is 0.406. The summed E-state index contributed by atoms with van der Waals surface area (Å²) in [6.07, 6.45) is 7.37. The first-order chi connectivity index (χ1) is 7.57. The van der Waals surface area contributed by atoms with Gasteiger partial charge in [-0.25, -0.2) is 0 Å². The third kappa shape index (κ3) is 3.44. The summed E-state index contributed by atoms with van der Waals surface area (Å²) < 4.78 is 1.02. The molecule has 0 aliphatic heterocycles. The summed E-state index contributed by atoms with van der Waals surface area (Å²) in [5, 5.41) is 0. The van der Waals surface area contributed by atoms with Crippen LogP contribution in [0.15, 0.2) is 21.8 Å². The predicted molar refractivity (Wildman–Crippen MR) is 77.7 cm³/mol. The summed E-state index contributed by atoms with van der Waals surface area (Å²) >= 11 is 2.25. The number of hydrogen-bond donors (Lipinski definition) is 0. The van der Waals surface area contributed by atoms with E-state index in [9.17, 15) is 4.79 Å². The Labute approximate surface area is 113 Å². The van der Waals surface area contributed by atoms with Crippen LogP contribution in [0.1, 0.15) is 46.0 Å². The van der Waals surface area contributed by atoms with Crippen LogP contribution >= 0.6 is 22.6 Å². The van der Waals surface area contributed by atoms with E-state index in [1.54, 1.807) is 0 Å². The minimum atomic E-state index is 0.259. The molecule has 1 aliphatic carbocycles. The molecule has 2 heteroatoms. The van der Waals surface area contributed by atoms with Gasteiger partial charge in [0, 0.05) is 5.92 Å². The molecule has 1 aliphatic rings. The first-order valence-corrected chi connectivity index (χ1v) is 7.18. The van der Waals surface area contributed by atoms with E-state index in [4.69, 9.17) is 0 Å². The third-order valence-corrected chi connectivity index (χ3v) is 4.61. The van der Waals surface area contributed by atoms with Crippen LogP contribution in [-0.2, 0) is 4.79 Å². The highest BCUT2D eigenvalue weighted by Crippen LogP contribution is 2.36. The lowest BCUT2D eigenvalue weighted by molar-refractivity contribution is -0.120. The molecule has 0 bridgehead atoms. The smallest absolute Gasteiger partial charge is 0.172 e. The molecular formula is C14H21IO. The Hall–Kier alpha value is -0.120. The van der Waals surface area contributed by atoms with Crippen LogP contribution < -0.4 is 0 Å². The van der Waals surface area contributed by atoms with Gasteiger partial charge >= 0.3 is 0 Å². The molecule has 0 aromatic rings. The second-order valence-electron chi connectivity index (χ2n) is 4.85. The molecule has 0 N–H and O–H groups in total. The molecule has 1 rings (SSSR count). The lowest BCUT2D eigenvalue weighted by Gasteiger charge is -2.26. The van der Waals surface area contributed by atoms with Gasteiger partial charge in [-0.15, -0.1) is 6.58 Å². The lowest BCUT2D eigenvalue weighted by Crippen LogP contribution is -2.24. The first-order valence-electron chi connectivity index (χ1n) is 6.10. The van der Waals surface area contributed by atoms with Gasteiger partial charge in [-0.05, 0) is 60.6 Å². The van der Waals surface area contributed by atoms with E-state index >= 15 is 0 Å². The Balaban J connectivity index is 2.66. The van der Waals surface area contributed by atoms with Crippen molar-refractivity contribution >= 4 is 28.4 Å². The fourth-order valence-corrected chi connectivity index (χ4v) is 3.18. The second-order valence-corrected chi connectivity index (χ2v) is 5.93. The van der Waals surface area contributed by atoms with Crippen molar-refractivity contribution in [3.63, 3.8) is 0 Å². The van der Waals surface area contributed by atoms with Gasteiger partial charge in [-0.3, -0.25) is 4.79 Å². The predicted octanol–water partition coefficient (Wildman–Crippen LogP) is 4.67. The fraction of sp³-hybridized carbons (Fsp3) is 0.643. The van der Waals surface area contributed by atoms with Gasteiger partial charge in [0.05, 0.1) is 3.58 Å². The molecule has 0 heterocycles. The Morgan fingerprint density at radius 2 is 2.25 bits per heavy atom. The van der Waals surface area contributed by atoms with Crippen molar-refractivity contribution in [1.82, 2.24) is 0 Å². The number of ketones is 1. The molecule has 0 saturated heterocycles. The van der Waals surface area contributed by atoms with Crippen molar-refractivity contribution in [2.45, 2.75) is 46.0 Å². The van der Waals surface area contributed by atoms with E-state index < -0.39 is 0 Å². The third-order valence-electron chi connectivity index (χ3n) is 3.31. The van der Waals surface area contributed by atoms with Crippen molar-refractivity contribution in [2.24, 2.45) is 11.8 Å². The summed E-state index contributed by atoms with van der Waals surface area (Å²) in [6.45, 7) is 8.02. The molecule has 0 aromatic heterocycles. The molecule has 1 nitrogen and oxygen atoms in total. The minimum absolute atomic E-state index is 0.259. The standard InChI is InChI=1S/C14H21IO/c1-4-5-6-7-11-8-9-12(10(2)3)14(16)13(11)15/h4,10,12H,1,5-9H2,2-3H3/t12-/m0/s1. The molecule has 0 unspecified atom stereocenters. The number of unbranched alkanes of at least 4 members (excludes halogenated alkanes) is 1. The van der Waals surface area contributed by atoms with E-state index in [0.29, 0.717) is 11.7 Å². The van der Waals surface area contributed by atoms with Crippen LogP contribution in [-0.4, -0.2) is 5.78 Å². The Bertz CT molecular complexity index is 302. The van der Waals surface area contributed by atoms with Crippen LogP contribution in [0.3, 0.4) is 0 Å². The summed E-state index contributed by atoms with van der Waals surface area (Å²) in [6, 6.07) is 0. The van der Waals surface area contributed by atoms with E-state index in [1.807, 2.05) is 6.08 Å². The van der Waals surface area contributed by atoms with Crippen molar-refractivity contribution in [3.05, 3.63) is 21.8 Å². The zero-order chi connectivity index (χ0) is 12.1. The maximum Gasteiger partial charge on any atom is 0.172 e. The number of allylic oxidation sites excluding steroid dienone is 3. The van der Waals surface area contributed by atoms with Crippen LogP contribution in [0.4, 0.5) is 0 Å². The molecule has 0 amide bonds. The topological polar surface area (TPSA) is 17.1 Å². The largest absolute Gasteiger partial charge is 0.293 e. The van der Waals surface area contributed by atoms with E-state index in [1.165, 1.54) is 5.57 Å². The SMILES string of the molecule is C=CCCCC1=C(I)C(=O)[C@H](C(C)C)CC1. The van der Waals surface area contributed by atoms with Crippen LogP contribution in [0, 0.1) is 11.8 Å². The minimum Gasteiger partial charge on any atom is -0.293 e. The van der Waals surface area contributed by atoms with Crippen molar-refractivity contribution in [1.29, 1.82) is 0 Å². The molecule has 0 aromatic carbocycles. The number of rotatable bonds is 5. The number of carbonyl (C=O) groups excluding carboxylic acids is 1. The van der Waals surface area contributed by atoms with E-state index in [2.05, 4.69) is 43.0 Å². The Morgan fingerprint density at radius 3 is 2.81 bits per heavy atom. The van der Waals surface area contributed by atoms with Crippen LogP contribution in [0.2, 0.25) is 0 Å². The van der Waals surface area contributed by atoms with E-state index in [0.717, 1.165) is 35.7 Å². The first kappa shape index (κ1) is 13.9. The van der Waals surface area contributed by atoms with Crippen LogP contribution in [0.25, 0.3) is 0 Å². The molecule has 0 saturated carbocycles. The van der Waals surface area contributed by atoms with Gasteiger partial charge in [0.1, 0.15) is 0 Å². The molecule has 0 fully saturated rings. The Kier molecular flexibility index (Phi) is 5.73. The van der Waals surface area contributed by atoms with Gasteiger partial charge < -0.3 is 0 Å². The average molecular weight is 332 g/mol. The van der Waals surface area contributed by atoms with Crippen molar-refractivity contribution < 1.29 is 4.79 Å². The molecule has 1 atom stereocenters. The second kappa shape index (κ2) is 6.58. The Morgan fingerprint density at radius 1 is 1.56 bits per heavy atom. The molecule has 16 heavy (non-hydrogen) atoms.